The Kier molecular flexibility index (Phi) is 0.733. The lowest BCUT2D eigenvalue weighted by molar-refractivity contribution is -0.142. The molecule has 0 amide bonds. The van der Waals surface area contributed by atoms with Crippen molar-refractivity contribution in [2.75, 3.05) is 0 Å². The Morgan fingerprint density at radius 1 is 1.36 bits per heavy atom. The van der Waals surface area contributed by atoms with Crippen LogP contribution in [0, 0.1) is 22.7 Å². The molecule has 11 heavy (non-hydrogen) atoms. The molecule has 0 spiro atoms. The van der Waals surface area contributed by atoms with Gasteiger partial charge in [0.15, 0.2) is 0 Å². The van der Waals surface area contributed by atoms with Gasteiger partial charge in [-0.3, -0.25) is 4.79 Å². The van der Waals surface area contributed by atoms with Gasteiger partial charge in [-0.2, -0.15) is 0 Å². The van der Waals surface area contributed by atoms with Crippen LogP contribution in [-0.4, -0.2) is 5.78 Å². The smallest absolute Gasteiger partial charge is 0.139 e. The van der Waals surface area contributed by atoms with E-state index in [4.69, 9.17) is 0 Å². The van der Waals surface area contributed by atoms with Crippen LogP contribution >= 0.6 is 0 Å². The average molecular weight is 150 g/mol. The van der Waals surface area contributed by atoms with E-state index < -0.39 is 0 Å². The van der Waals surface area contributed by atoms with Gasteiger partial charge in [-0.1, -0.05) is 13.8 Å². The second-order valence-electron chi connectivity index (χ2n) is 5.08. The summed E-state index contributed by atoms with van der Waals surface area (Å²) in [5.41, 5.74) is 0.548. The van der Waals surface area contributed by atoms with Crippen LogP contribution in [-0.2, 0) is 4.79 Å². The largest absolute Gasteiger partial charge is 0.299 e. The normalized spacial score (nSPS) is 65.1. The standard InChI is InChI=1S/C10H14O/c1-9-5-7-3-6(9)4-8(11)10(7,9)2/h6-7H,3-5H2,1-2H3/t6-,7+,9+,10+/m0/s1. The highest BCUT2D eigenvalue weighted by Crippen LogP contribution is 2.78. The van der Waals surface area contributed by atoms with Crippen LogP contribution in [0.25, 0.3) is 0 Å². The van der Waals surface area contributed by atoms with Gasteiger partial charge in [0.25, 0.3) is 0 Å². The molecule has 4 saturated carbocycles. The summed E-state index contributed by atoms with van der Waals surface area (Å²) < 4.78 is 0. The molecule has 4 bridgehead atoms. The minimum absolute atomic E-state index is 0.123. The van der Waals surface area contributed by atoms with E-state index in [0.717, 1.165) is 18.3 Å². The Balaban J connectivity index is 2.20. The molecule has 60 valence electrons. The molecule has 4 atom stereocenters. The van der Waals surface area contributed by atoms with Gasteiger partial charge in [-0.05, 0) is 30.1 Å². The second kappa shape index (κ2) is 1.30. The van der Waals surface area contributed by atoms with Crippen molar-refractivity contribution < 1.29 is 4.79 Å². The number of rotatable bonds is 0. The van der Waals surface area contributed by atoms with Gasteiger partial charge < -0.3 is 0 Å². The van der Waals surface area contributed by atoms with Crippen molar-refractivity contribution in [2.24, 2.45) is 22.7 Å². The van der Waals surface area contributed by atoms with E-state index in [-0.39, 0.29) is 5.41 Å². The second-order valence-corrected chi connectivity index (χ2v) is 5.08. The summed E-state index contributed by atoms with van der Waals surface area (Å²) >= 11 is 0. The Hall–Kier alpha value is -0.330. The summed E-state index contributed by atoms with van der Waals surface area (Å²) in [6.07, 6.45) is 3.57. The molecule has 4 aliphatic carbocycles. The van der Waals surface area contributed by atoms with Gasteiger partial charge in [0.2, 0.25) is 0 Å². The predicted octanol–water partition coefficient (Wildman–Crippen LogP) is 2.01. The first-order valence-electron chi connectivity index (χ1n) is 4.62. The zero-order valence-corrected chi connectivity index (χ0v) is 7.18. The highest BCUT2D eigenvalue weighted by molar-refractivity contribution is 5.91. The maximum atomic E-state index is 11.6. The first-order valence-corrected chi connectivity index (χ1v) is 4.62. The van der Waals surface area contributed by atoms with Crippen molar-refractivity contribution in [3.63, 3.8) is 0 Å². The lowest BCUT2D eigenvalue weighted by Crippen LogP contribution is -2.50. The average Bonchev–Trinajstić information content (AvgIpc) is 2.40. The maximum Gasteiger partial charge on any atom is 0.139 e. The van der Waals surface area contributed by atoms with Gasteiger partial charge in [-0.15, -0.1) is 0 Å². The molecule has 0 radical (unpaired) electrons. The molecule has 0 aromatic heterocycles. The Bertz CT molecular complexity index is 256. The van der Waals surface area contributed by atoms with Crippen LogP contribution in [0.3, 0.4) is 0 Å². The first kappa shape index (κ1) is 6.22. The van der Waals surface area contributed by atoms with E-state index in [0.29, 0.717) is 11.2 Å². The van der Waals surface area contributed by atoms with Crippen LogP contribution in [0.2, 0.25) is 0 Å². The highest BCUT2D eigenvalue weighted by atomic mass is 16.1. The molecule has 0 saturated heterocycles. The van der Waals surface area contributed by atoms with E-state index in [1.54, 1.807) is 0 Å². The van der Waals surface area contributed by atoms with Gasteiger partial charge in [0.1, 0.15) is 5.78 Å². The molecular weight excluding hydrogens is 136 g/mol. The summed E-state index contributed by atoms with van der Waals surface area (Å²) in [6.45, 7) is 4.53. The lowest BCUT2D eigenvalue weighted by atomic mass is 9.51. The lowest BCUT2D eigenvalue weighted by Gasteiger charge is -2.51. The molecule has 0 aliphatic heterocycles. The minimum atomic E-state index is 0.123. The minimum Gasteiger partial charge on any atom is -0.299 e. The number of carbonyl (C=O) groups is 1. The van der Waals surface area contributed by atoms with E-state index >= 15 is 0 Å². The quantitative estimate of drug-likeness (QED) is 0.516. The molecule has 1 heteroatoms. The van der Waals surface area contributed by atoms with Crippen LogP contribution in [0.1, 0.15) is 33.1 Å². The topological polar surface area (TPSA) is 17.1 Å². The zero-order chi connectivity index (χ0) is 7.85. The number of ketones is 1. The van der Waals surface area contributed by atoms with Gasteiger partial charge >= 0.3 is 0 Å². The van der Waals surface area contributed by atoms with Crippen molar-refractivity contribution in [2.45, 2.75) is 33.1 Å². The third-order valence-corrected chi connectivity index (χ3v) is 5.15. The molecular formula is C10H14O. The third kappa shape index (κ3) is 0.361. The number of carbonyl (C=O) groups excluding carboxylic acids is 1. The van der Waals surface area contributed by atoms with E-state index in [1.165, 1.54) is 12.8 Å². The Labute approximate surface area is 67.2 Å². The van der Waals surface area contributed by atoms with E-state index in [9.17, 15) is 4.79 Å². The summed E-state index contributed by atoms with van der Waals surface area (Å²) in [6, 6.07) is 0. The van der Waals surface area contributed by atoms with Crippen molar-refractivity contribution in [3.8, 4) is 0 Å². The molecule has 4 fully saturated rings. The molecule has 1 nitrogen and oxygen atoms in total. The molecule has 0 N–H and O–H groups in total. The highest BCUT2D eigenvalue weighted by Gasteiger charge is 2.75. The van der Waals surface area contributed by atoms with Crippen molar-refractivity contribution >= 4 is 5.78 Å². The Morgan fingerprint density at radius 2 is 2.09 bits per heavy atom. The fourth-order valence-electron chi connectivity index (χ4n) is 4.07. The molecule has 0 aromatic rings. The third-order valence-electron chi connectivity index (χ3n) is 5.15. The summed E-state index contributed by atoms with van der Waals surface area (Å²) in [5.74, 6) is 2.08. The van der Waals surface area contributed by atoms with E-state index in [1.807, 2.05) is 0 Å². The molecule has 4 rings (SSSR count). The number of hydrogen-bond acceptors (Lipinski definition) is 1. The summed E-state index contributed by atoms with van der Waals surface area (Å²) in [4.78, 5) is 11.6. The maximum absolute atomic E-state index is 11.6. The van der Waals surface area contributed by atoms with Crippen molar-refractivity contribution in [1.82, 2.24) is 0 Å². The fourth-order valence-corrected chi connectivity index (χ4v) is 4.07. The van der Waals surface area contributed by atoms with Gasteiger partial charge in [0, 0.05) is 11.8 Å². The molecule has 0 heterocycles. The van der Waals surface area contributed by atoms with Crippen LogP contribution in [0.5, 0.6) is 0 Å². The van der Waals surface area contributed by atoms with Crippen molar-refractivity contribution in [1.29, 1.82) is 0 Å². The SMILES string of the molecule is C[C@]12C(=O)C[C@@H]3C[C@@H]1C[C@]32C. The van der Waals surface area contributed by atoms with Crippen LogP contribution in [0.15, 0.2) is 0 Å². The zero-order valence-electron chi connectivity index (χ0n) is 7.18. The molecule has 4 aliphatic rings. The molecule has 0 unspecified atom stereocenters. The number of Topliss-reactive ketones (excluding diaryl/α,β-unsaturated/α-hetero) is 1. The van der Waals surface area contributed by atoms with Gasteiger partial charge in [0.05, 0.1) is 0 Å². The van der Waals surface area contributed by atoms with E-state index in [2.05, 4.69) is 13.8 Å². The van der Waals surface area contributed by atoms with Crippen LogP contribution in [0.4, 0.5) is 0 Å². The first-order chi connectivity index (χ1) is 5.09. The van der Waals surface area contributed by atoms with Crippen LogP contribution < -0.4 is 0 Å². The Morgan fingerprint density at radius 3 is 2.45 bits per heavy atom. The molecule has 0 aromatic carbocycles. The summed E-state index contributed by atoms with van der Waals surface area (Å²) in [7, 11) is 0. The monoisotopic (exact) mass is 150 g/mol. The fraction of sp³-hybridized carbons (Fsp3) is 0.900. The van der Waals surface area contributed by atoms with Crippen molar-refractivity contribution in [3.05, 3.63) is 0 Å². The number of hydrogen-bond donors (Lipinski definition) is 0. The summed E-state index contributed by atoms with van der Waals surface area (Å²) in [5, 5.41) is 0. The van der Waals surface area contributed by atoms with Gasteiger partial charge in [-0.25, -0.2) is 0 Å². The predicted molar refractivity (Wildman–Crippen MR) is 42.1 cm³/mol.